The number of nitrogens with zero attached hydrogens (tertiary/aromatic N) is 1. The van der Waals surface area contributed by atoms with E-state index < -0.39 is 10.0 Å². The van der Waals surface area contributed by atoms with E-state index in [2.05, 4.69) is 5.32 Å². The Balaban J connectivity index is 2.12. The third-order valence-electron chi connectivity index (χ3n) is 4.14. The Bertz CT molecular complexity index is 848. The number of hydrogen-bond donors (Lipinski definition) is 1. The van der Waals surface area contributed by atoms with Crippen LogP contribution in [0.25, 0.3) is 0 Å². The summed E-state index contributed by atoms with van der Waals surface area (Å²) in [6, 6.07) is 14.4. The largest absolute Gasteiger partial charge is 0.348 e. The molecule has 2 aromatic carbocycles. The Labute approximate surface area is 149 Å². The lowest BCUT2D eigenvalue weighted by Crippen LogP contribution is -2.41. The van der Waals surface area contributed by atoms with Gasteiger partial charge in [-0.1, -0.05) is 36.4 Å². The Kier molecular flexibility index (Phi) is 5.85. The van der Waals surface area contributed by atoms with Crippen LogP contribution in [0.15, 0.2) is 48.5 Å². The molecule has 0 bridgehead atoms. The summed E-state index contributed by atoms with van der Waals surface area (Å²) in [5.74, 6) is -0.347. The van der Waals surface area contributed by atoms with Gasteiger partial charge < -0.3 is 5.32 Å². The van der Waals surface area contributed by atoms with Gasteiger partial charge in [0, 0.05) is 0 Å². The average molecular weight is 360 g/mol. The first kappa shape index (κ1) is 19.0. The molecule has 0 unspecified atom stereocenters. The number of benzene rings is 2. The lowest BCUT2D eigenvalue weighted by molar-refractivity contribution is -0.120. The first-order chi connectivity index (χ1) is 11.7. The van der Waals surface area contributed by atoms with Crippen LogP contribution in [0.4, 0.5) is 5.69 Å². The van der Waals surface area contributed by atoms with Gasteiger partial charge in [-0.2, -0.15) is 0 Å². The normalized spacial score (nSPS) is 12.5. The van der Waals surface area contributed by atoms with E-state index in [-0.39, 0.29) is 18.5 Å². The number of carbonyl (C=O) groups is 1. The Morgan fingerprint density at radius 1 is 1.08 bits per heavy atom. The number of amides is 1. The second kappa shape index (κ2) is 7.70. The van der Waals surface area contributed by atoms with Crippen molar-refractivity contribution in [3.8, 4) is 0 Å². The van der Waals surface area contributed by atoms with Gasteiger partial charge in [0.2, 0.25) is 15.9 Å². The van der Waals surface area contributed by atoms with Crippen molar-refractivity contribution in [3.63, 3.8) is 0 Å². The molecule has 1 amide bonds. The maximum Gasteiger partial charge on any atom is 0.241 e. The molecular formula is C19H24N2O3S. The van der Waals surface area contributed by atoms with Crippen LogP contribution in [0.5, 0.6) is 0 Å². The average Bonchev–Trinajstić information content (AvgIpc) is 2.55. The third kappa shape index (κ3) is 5.06. The molecule has 134 valence electrons. The van der Waals surface area contributed by atoms with Gasteiger partial charge in [0.1, 0.15) is 6.54 Å². The Hall–Kier alpha value is -2.34. The van der Waals surface area contributed by atoms with Crippen LogP contribution in [0.3, 0.4) is 0 Å². The molecule has 1 N–H and O–H groups in total. The number of hydrogen-bond acceptors (Lipinski definition) is 3. The maximum absolute atomic E-state index is 12.4. The van der Waals surface area contributed by atoms with Gasteiger partial charge in [0.25, 0.3) is 0 Å². The first-order valence-corrected chi connectivity index (χ1v) is 9.92. The fourth-order valence-electron chi connectivity index (χ4n) is 2.53. The fraction of sp³-hybridized carbons (Fsp3) is 0.316. The quantitative estimate of drug-likeness (QED) is 0.861. The second-order valence-corrected chi connectivity index (χ2v) is 8.14. The van der Waals surface area contributed by atoms with Gasteiger partial charge in [-0.25, -0.2) is 8.42 Å². The van der Waals surface area contributed by atoms with E-state index in [9.17, 15) is 13.2 Å². The minimum atomic E-state index is -3.55. The van der Waals surface area contributed by atoms with Crippen molar-refractivity contribution >= 4 is 21.6 Å². The van der Waals surface area contributed by atoms with Crippen molar-refractivity contribution in [2.24, 2.45) is 0 Å². The van der Waals surface area contributed by atoms with Crippen LogP contribution >= 0.6 is 0 Å². The molecule has 0 saturated heterocycles. The minimum absolute atomic E-state index is 0.205. The maximum atomic E-state index is 12.4. The highest BCUT2D eigenvalue weighted by Crippen LogP contribution is 2.18. The van der Waals surface area contributed by atoms with Gasteiger partial charge in [0.05, 0.1) is 18.0 Å². The summed E-state index contributed by atoms with van der Waals surface area (Å²) in [5.41, 5.74) is 3.80. The van der Waals surface area contributed by atoms with E-state index in [1.54, 1.807) is 30.3 Å². The van der Waals surface area contributed by atoms with E-state index >= 15 is 0 Å². The van der Waals surface area contributed by atoms with Crippen molar-refractivity contribution in [3.05, 3.63) is 65.2 Å². The summed E-state index contributed by atoms with van der Waals surface area (Å²) in [7, 11) is -3.55. The predicted molar refractivity (Wildman–Crippen MR) is 101 cm³/mol. The molecule has 1 atom stereocenters. The fourth-order valence-corrected chi connectivity index (χ4v) is 3.39. The Morgan fingerprint density at radius 2 is 1.72 bits per heavy atom. The highest BCUT2D eigenvalue weighted by atomic mass is 32.2. The summed E-state index contributed by atoms with van der Waals surface area (Å²) in [6.45, 7) is 5.69. The molecule has 5 nitrogen and oxygen atoms in total. The number of rotatable bonds is 6. The monoisotopic (exact) mass is 360 g/mol. The molecular weight excluding hydrogens is 336 g/mol. The van der Waals surface area contributed by atoms with Crippen molar-refractivity contribution in [1.82, 2.24) is 5.32 Å². The number of para-hydroxylation sites is 1. The number of anilines is 1. The zero-order valence-corrected chi connectivity index (χ0v) is 15.8. The predicted octanol–water partition coefficient (Wildman–Crippen LogP) is 2.95. The molecule has 0 saturated carbocycles. The van der Waals surface area contributed by atoms with E-state index in [0.717, 1.165) is 21.7 Å². The highest BCUT2D eigenvalue weighted by Gasteiger charge is 2.21. The molecule has 0 aromatic heterocycles. The molecule has 2 aromatic rings. The Morgan fingerprint density at radius 3 is 2.28 bits per heavy atom. The zero-order chi connectivity index (χ0) is 18.6. The molecule has 0 heterocycles. The van der Waals surface area contributed by atoms with Crippen LogP contribution in [-0.2, 0) is 14.8 Å². The van der Waals surface area contributed by atoms with E-state index in [0.29, 0.717) is 5.69 Å². The van der Waals surface area contributed by atoms with E-state index in [4.69, 9.17) is 0 Å². The van der Waals surface area contributed by atoms with Gasteiger partial charge in [-0.3, -0.25) is 9.10 Å². The van der Waals surface area contributed by atoms with Crippen LogP contribution in [0.2, 0.25) is 0 Å². The second-order valence-electron chi connectivity index (χ2n) is 6.24. The number of sulfonamides is 1. The molecule has 2 rings (SSSR count). The summed E-state index contributed by atoms with van der Waals surface area (Å²) >= 11 is 0. The molecule has 0 aliphatic rings. The lowest BCUT2D eigenvalue weighted by Gasteiger charge is -2.23. The van der Waals surface area contributed by atoms with Gasteiger partial charge in [-0.15, -0.1) is 0 Å². The van der Waals surface area contributed by atoms with Gasteiger partial charge in [-0.05, 0) is 49.6 Å². The molecule has 0 spiro atoms. The van der Waals surface area contributed by atoms with Crippen molar-refractivity contribution in [2.45, 2.75) is 26.8 Å². The number of aryl methyl sites for hydroxylation is 2. The smallest absolute Gasteiger partial charge is 0.241 e. The summed E-state index contributed by atoms with van der Waals surface area (Å²) in [5, 5.41) is 2.87. The molecule has 0 radical (unpaired) electrons. The standard InChI is InChI=1S/C19H24N2O3S/c1-14-10-11-17(12-15(14)2)16(3)20-19(22)13-21(25(4,23)24)18-8-6-5-7-9-18/h5-12,16H,13H2,1-4H3,(H,20,22)/t16-/m1/s1. The molecule has 25 heavy (non-hydrogen) atoms. The van der Waals surface area contributed by atoms with Crippen LogP contribution < -0.4 is 9.62 Å². The summed E-state index contributed by atoms with van der Waals surface area (Å²) in [6.07, 6.45) is 1.10. The van der Waals surface area contributed by atoms with Crippen molar-refractivity contribution in [1.29, 1.82) is 0 Å². The van der Waals surface area contributed by atoms with Crippen LogP contribution in [0.1, 0.15) is 29.7 Å². The van der Waals surface area contributed by atoms with Crippen molar-refractivity contribution in [2.75, 3.05) is 17.1 Å². The SMILES string of the molecule is Cc1ccc([C@@H](C)NC(=O)CN(c2ccccc2)S(C)(=O)=O)cc1C. The van der Waals surface area contributed by atoms with Gasteiger partial charge in [0.15, 0.2) is 0 Å². The lowest BCUT2D eigenvalue weighted by atomic mass is 10.0. The topological polar surface area (TPSA) is 66.5 Å². The minimum Gasteiger partial charge on any atom is -0.348 e. The summed E-state index contributed by atoms with van der Waals surface area (Å²) < 4.78 is 25.2. The zero-order valence-electron chi connectivity index (χ0n) is 15.0. The van der Waals surface area contributed by atoms with E-state index in [1.165, 1.54) is 5.56 Å². The number of carbonyl (C=O) groups excluding carboxylic acids is 1. The summed E-state index contributed by atoms with van der Waals surface area (Å²) in [4.78, 5) is 12.4. The molecule has 6 heteroatoms. The van der Waals surface area contributed by atoms with Crippen LogP contribution in [0, 0.1) is 13.8 Å². The first-order valence-electron chi connectivity index (χ1n) is 8.08. The van der Waals surface area contributed by atoms with Gasteiger partial charge >= 0.3 is 0 Å². The third-order valence-corrected chi connectivity index (χ3v) is 5.28. The highest BCUT2D eigenvalue weighted by molar-refractivity contribution is 7.92. The van der Waals surface area contributed by atoms with Crippen LogP contribution in [-0.4, -0.2) is 27.1 Å². The van der Waals surface area contributed by atoms with Crippen molar-refractivity contribution < 1.29 is 13.2 Å². The molecule has 0 fully saturated rings. The molecule has 0 aliphatic heterocycles. The number of nitrogens with one attached hydrogen (secondary N) is 1. The van der Waals surface area contributed by atoms with E-state index in [1.807, 2.05) is 39.0 Å². The molecule has 0 aliphatic carbocycles.